The molecular weight excluding hydrogens is 316 g/mol. The Hall–Kier alpha value is -1.66. The van der Waals surface area contributed by atoms with Gasteiger partial charge in [-0.25, -0.2) is 4.98 Å². The molecule has 0 aliphatic carbocycles. The molecule has 0 aromatic carbocycles. The highest BCUT2D eigenvalue weighted by Crippen LogP contribution is 2.23. The summed E-state index contributed by atoms with van der Waals surface area (Å²) < 4.78 is 0. The number of amides is 1. The highest BCUT2D eigenvalue weighted by molar-refractivity contribution is 5.92. The predicted octanol–water partition coefficient (Wildman–Crippen LogP) is 2.24. The third kappa shape index (κ3) is 4.70. The minimum Gasteiger partial charge on any atom is -0.393 e. The number of aromatic nitrogens is 1. The summed E-state index contributed by atoms with van der Waals surface area (Å²) in [6.45, 7) is 6.62. The SMILES string of the molecule is CC1CC(O)CC(C)N1CC(=O)Nc1ccc(N2CCCCC2)nc1. The fourth-order valence-electron chi connectivity index (χ4n) is 4.04. The number of carbonyl (C=O) groups excluding carboxylic acids is 1. The first-order chi connectivity index (χ1) is 12.0. The molecule has 1 aromatic heterocycles. The van der Waals surface area contributed by atoms with Gasteiger partial charge in [0.15, 0.2) is 0 Å². The van der Waals surface area contributed by atoms with Crippen molar-refractivity contribution in [2.75, 3.05) is 29.9 Å². The molecule has 3 heterocycles. The molecule has 2 N–H and O–H groups in total. The number of aliphatic hydroxyl groups is 1. The third-order valence-electron chi connectivity index (χ3n) is 5.40. The van der Waals surface area contributed by atoms with Crippen molar-refractivity contribution in [3.63, 3.8) is 0 Å². The smallest absolute Gasteiger partial charge is 0.238 e. The van der Waals surface area contributed by atoms with Crippen molar-refractivity contribution in [3.05, 3.63) is 18.3 Å². The molecule has 0 spiro atoms. The lowest BCUT2D eigenvalue weighted by Gasteiger charge is -2.40. The first-order valence-electron chi connectivity index (χ1n) is 9.47. The van der Waals surface area contributed by atoms with Gasteiger partial charge in [-0.1, -0.05) is 0 Å². The Labute approximate surface area is 150 Å². The van der Waals surface area contributed by atoms with E-state index < -0.39 is 0 Å². The first kappa shape index (κ1) is 18.1. The zero-order valence-electron chi connectivity index (χ0n) is 15.3. The number of likely N-dealkylation sites (tertiary alicyclic amines) is 1. The van der Waals surface area contributed by atoms with E-state index >= 15 is 0 Å². The van der Waals surface area contributed by atoms with Gasteiger partial charge in [0.1, 0.15) is 5.82 Å². The van der Waals surface area contributed by atoms with Gasteiger partial charge in [0, 0.05) is 25.2 Å². The number of pyridine rings is 1. The van der Waals surface area contributed by atoms with E-state index in [1.807, 2.05) is 12.1 Å². The van der Waals surface area contributed by atoms with Crippen molar-refractivity contribution in [2.24, 2.45) is 0 Å². The zero-order chi connectivity index (χ0) is 17.8. The molecule has 6 nitrogen and oxygen atoms in total. The van der Waals surface area contributed by atoms with Gasteiger partial charge in [-0.05, 0) is 58.1 Å². The van der Waals surface area contributed by atoms with Gasteiger partial charge in [0.25, 0.3) is 0 Å². The van der Waals surface area contributed by atoms with E-state index in [1.165, 1.54) is 19.3 Å². The second-order valence-electron chi connectivity index (χ2n) is 7.50. The van der Waals surface area contributed by atoms with Gasteiger partial charge < -0.3 is 15.3 Å². The lowest BCUT2D eigenvalue weighted by atomic mass is 9.95. The molecule has 1 amide bonds. The summed E-state index contributed by atoms with van der Waals surface area (Å²) in [4.78, 5) is 21.4. The molecule has 3 rings (SSSR count). The van der Waals surface area contributed by atoms with E-state index in [-0.39, 0.29) is 24.1 Å². The van der Waals surface area contributed by atoms with Crippen molar-refractivity contribution in [3.8, 4) is 0 Å². The van der Waals surface area contributed by atoms with Crippen molar-refractivity contribution in [1.29, 1.82) is 0 Å². The maximum Gasteiger partial charge on any atom is 0.238 e. The summed E-state index contributed by atoms with van der Waals surface area (Å²) in [6, 6.07) is 4.35. The summed E-state index contributed by atoms with van der Waals surface area (Å²) in [6.07, 6.45) is 6.69. The van der Waals surface area contributed by atoms with Crippen LogP contribution in [0.5, 0.6) is 0 Å². The molecule has 0 bridgehead atoms. The molecule has 1 aromatic rings. The summed E-state index contributed by atoms with van der Waals surface area (Å²) in [5, 5.41) is 12.8. The van der Waals surface area contributed by atoms with E-state index in [0.29, 0.717) is 6.54 Å². The van der Waals surface area contributed by atoms with E-state index in [0.717, 1.165) is 37.4 Å². The normalized spacial score (nSPS) is 28.0. The molecule has 25 heavy (non-hydrogen) atoms. The molecule has 138 valence electrons. The number of hydrogen-bond acceptors (Lipinski definition) is 5. The second kappa shape index (κ2) is 8.15. The third-order valence-corrected chi connectivity index (χ3v) is 5.40. The maximum atomic E-state index is 12.4. The van der Waals surface area contributed by atoms with Crippen molar-refractivity contribution < 1.29 is 9.90 Å². The molecule has 2 aliphatic rings. The standard InChI is InChI=1S/C19H30N4O2/c1-14-10-17(24)11-15(2)23(14)13-19(25)21-16-6-7-18(20-12-16)22-8-4-3-5-9-22/h6-7,12,14-15,17,24H,3-5,8-11,13H2,1-2H3,(H,21,25). The van der Waals surface area contributed by atoms with Crippen LogP contribution in [0, 0.1) is 0 Å². The summed E-state index contributed by atoms with van der Waals surface area (Å²) in [5.74, 6) is 0.965. The average molecular weight is 346 g/mol. The molecule has 2 fully saturated rings. The van der Waals surface area contributed by atoms with Crippen LogP contribution < -0.4 is 10.2 Å². The van der Waals surface area contributed by atoms with Crippen LogP contribution in [0.4, 0.5) is 11.5 Å². The van der Waals surface area contributed by atoms with Gasteiger partial charge in [0.2, 0.25) is 5.91 Å². The van der Waals surface area contributed by atoms with Gasteiger partial charge in [0.05, 0.1) is 24.5 Å². The molecule has 2 atom stereocenters. The van der Waals surface area contributed by atoms with Crippen LogP contribution in [0.1, 0.15) is 46.0 Å². The number of piperidine rings is 2. The summed E-state index contributed by atoms with van der Waals surface area (Å²) in [5.41, 5.74) is 0.739. The highest BCUT2D eigenvalue weighted by atomic mass is 16.3. The topological polar surface area (TPSA) is 68.7 Å². The number of aliphatic hydroxyl groups excluding tert-OH is 1. The quantitative estimate of drug-likeness (QED) is 0.875. The Morgan fingerprint density at radius 2 is 1.88 bits per heavy atom. The Kier molecular flexibility index (Phi) is 5.91. The average Bonchev–Trinajstić information content (AvgIpc) is 2.59. The highest BCUT2D eigenvalue weighted by Gasteiger charge is 2.30. The molecular formula is C19H30N4O2. The monoisotopic (exact) mass is 346 g/mol. The number of rotatable bonds is 4. The van der Waals surface area contributed by atoms with Gasteiger partial charge in [-0.2, -0.15) is 0 Å². The maximum absolute atomic E-state index is 12.4. The van der Waals surface area contributed by atoms with Crippen molar-refractivity contribution in [1.82, 2.24) is 9.88 Å². The van der Waals surface area contributed by atoms with Crippen LogP contribution in [-0.4, -0.2) is 58.7 Å². The number of nitrogens with one attached hydrogen (secondary N) is 1. The molecule has 2 aliphatic heterocycles. The largest absolute Gasteiger partial charge is 0.393 e. The Bertz CT molecular complexity index is 559. The van der Waals surface area contributed by atoms with Gasteiger partial charge in [-0.3, -0.25) is 9.69 Å². The van der Waals surface area contributed by atoms with E-state index in [2.05, 4.69) is 33.9 Å². The fourth-order valence-corrected chi connectivity index (χ4v) is 4.04. The summed E-state index contributed by atoms with van der Waals surface area (Å²) in [7, 11) is 0. The first-order valence-corrected chi connectivity index (χ1v) is 9.47. The second-order valence-corrected chi connectivity index (χ2v) is 7.50. The molecule has 0 saturated carbocycles. The molecule has 0 radical (unpaired) electrons. The van der Waals surface area contributed by atoms with E-state index in [4.69, 9.17) is 0 Å². The fraction of sp³-hybridized carbons (Fsp3) is 0.684. The van der Waals surface area contributed by atoms with E-state index in [9.17, 15) is 9.90 Å². The van der Waals surface area contributed by atoms with Gasteiger partial charge >= 0.3 is 0 Å². The van der Waals surface area contributed by atoms with Crippen LogP contribution in [0.25, 0.3) is 0 Å². The van der Waals surface area contributed by atoms with Crippen LogP contribution in [-0.2, 0) is 4.79 Å². The lowest BCUT2D eigenvalue weighted by Crippen LogP contribution is -2.51. The van der Waals surface area contributed by atoms with Crippen LogP contribution in [0.2, 0.25) is 0 Å². The number of anilines is 2. The predicted molar refractivity (Wildman–Crippen MR) is 99.8 cm³/mol. The molecule has 6 heteroatoms. The Morgan fingerprint density at radius 3 is 2.48 bits per heavy atom. The number of carbonyl (C=O) groups is 1. The van der Waals surface area contributed by atoms with Crippen molar-refractivity contribution >= 4 is 17.4 Å². The lowest BCUT2D eigenvalue weighted by molar-refractivity contribution is -0.119. The number of nitrogens with zero attached hydrogens (tertiary/aromatic N) is 3. The van der Waals surface area contributed by atoms with E-state index in [1.54, 1.807) is 6.20 Å². The summed E-state index contributed by atoms with van der Waals surface area (Å²) >= 11 is 0. The van der Waals surface area contributed by atoms with Gasteiger partial charge in [-0.15, -0.1) is 0 Å². The Balaban J connectivity index is 1.54. The minimum atomic E-state index is -0.254. The molecule has 2 unspecified atom stereocenters. The van der Waals surface area contributed by atoms with Crippen LogP contribution in [0.3, 0.4) is 0 Å². The molecule has 2 saturated heterocycles. The zero-order valence-corrected chi connectivity index (χ0v) is 15.3. The van der Waals surface area contributed by atoms with Crippen molar-refractivity contribution in [2.45, 2.75) is 64.1 Å². The van der Waals surface area contributed by atoms with Crippen LogP contribution >= 0.6 is 0 Å². The van der Waals surface area contributed by atoms with Crippen LogP contribution in [0.15, 0.2) is 18.3 Å². The minimum absolute atomic E-state index is 0.0254. The Morgan fingerprint density at radius 1 is 1.20 bits per heavy atom. The number of hydrogen-bond donors (Lipinski definition) is 2.